The quantitative estimate of drug-likeness (QED) is 0.0359. The zero-order valence-corrected chi connectivity index (χ0v) is 30.3. The van der Waals surface area contributed by atoms with Gasteiger partial charge in [0.2, 0.25) is 0 Å². The molecule has 0 bridgehead atoms. The molecule has 274 valence electrons. The summed E-state index contributed by atoms with van der Waals surface area (Å²) in [5.74, 6) is 1.59. The Balaban J connectivity index is 1.18. The molecule has 0 aliphatic heterocycles. The first kappa shape index (κ1) is 38.1. The van der Waals surface area contributed by atoms with Crippen LogP contribution in [0.5, 0.6) is 34.5 Å². The van der Waals surface area contributed by atoms with E-state index in [1.807, 2.05) is 50.2 Å². The molecule has 0 saturated heterocycles. The van der Waals surface area contributed by atoms with Crippen molar-refractivity contribution in [2.45, 2.75) is 46.5 Å². The van der Waals surface area contributed by atoms with Crippen molar-refractivity contribution in [1.29, 1.82) is 0 Å². The molecule has 5 aromatic carbocycles. The lowest BCUT2D eigenvalue weighted by molar-refractivity contribution is 0.0716. The van der Waals surface area contributed by atoms with Gasteiger partial charge in [0, 0.05) is 6.42 Å². The van der Waals surface area contributed by atoms with E-state index in [2.05, 4.69) is 29.3 Å². The third-order valence-corrected chi connectivity index (χ3v) is 7.82. The summed E-state index contributed by atoms with van der Waals surface area (Å²) in [6.45, 7) is 7.55. The first-order valence-electron chi connectivity index (χ1n) is 17.8. The van der Waals surface area contributed by atoms with Crippen LogP contribution in [0.25, 0.3) is 0 Å². The highest BCUT2D eigenvalue weighted by Gasteiger charge is 2.19. The Hall–Kier alpha value is -6.16. The fourth-order valence-electron chi connectivity index (χ4n) is 5.07. The van der Waals surface area contributed by atoms with E-state index in [0.717, 1.165) is 12.1 Å². The molecule has 0 aliphatic carbocycles. The van der Waals surface area contributed by atoms with Crippen LogP contribution in [0.2, 0.25) is 0 Å². The van der Waals surface area contributed by atoms with E-state index in [4.69, 9.17) is 28.4 Å². The van der Waals surface area contributed by atoms with Gasteiger partial charge in [-0.3, -0.25) is 0 Å². The number of rotatable bonds is 19. The Bertz CT molecular complexity index is 1920. The Kier molecular flexibility index (Phi) is 14.4. The van der Waals surface area contributed by atoms with Gasteiger partial charge in [-0.1, -0.05) is 25.5 Å². The number of carbonyl (C=O) groups is 2. The number of aryl methyl sites for hydroxylation is 1. The van der Waals surface area contributed by atoms with Gasteiger partial charge in [0.15, 0.2) is 0 Å². The molecule has 0 aromatic heterocycles. The smallest absolute Gasteiger partial charge is 0.347 e. The van der Waals surface area contributed by atoms with Gasteiger partial charge < -0.3 is 28.4 Å². The molecule has 5 rings (SSSR count). The summed E-state index contributed by atoms with van der Waals surface area (Å²) in [7, 11) is 0. The number of hydrogen-bond acceptors (Lipinski definition) is 10. The lowest BCUT2D eigenvalue weighted by Crippen LogP contribution is -2.14. The highest BCUT2D eigenvalue weighted by Crippen LogP contribution is 2.27. The van der Waals surface area contributed by atoms with Crippen molar-refractivity contribution in [2.75, 3.05) is 26.4 Å². The predicted molar refractivity (Wildman–Crippen MR) is 203 cm³/mol. The minimum Gasteiger partial charge on any atom is -0.494 e. The van der Waals surface area contributed by atoms with Crippen molar-refractivity contribution in [3.05, 3.63) is 132 Å². The number of nitrogens with zero attached hydrogens (tertiary/aromatic N) is 2. The van der Waals surface area contributed by atoms with Gasteiger partial charge in [0.25, 0.3) is 0 Å². The van der Waals surface area contributed by atoms with Crippen molar-refractivity contribution in [3.63, 3.8) is 0 Å². The monoisotopic (exact) mass is 716 g/mol. The Labute approximate surface area is 310 Å². The van der Waals surface area contributed by atoms with E-state index in [0.29, 0.717) is 60.7 Å². The average Bonchev–Trinajstić information content (AvgIpc) is 3.18. The average molecular weight is 717 g/mol. The van der Waals surface area contributed by atoms with Crippen LogP contribution < -0.4 is 28.4 Å². The van der Waals surface area contributed by atoms with Crippen LogP contribution in [0.15, 0.2) is 125 Å². The summed E-state index contributed by atoms with van der Waals surface area (Å²) < 4.78 is 34.0. The molecule has 0 N–H and O–H groups in total. The molecule has 0 aliphatic rings. The maximum absolute atomic E-state index is 13.3. The van der Waals surface area contributed by atoms with Crippen molar-refractivity contribution in [2.24, 2.45) is 10.2 Å². The zero-order valence-electron chi connectivity index (χ0n) is 30.3. The molecule has 5 aromatic rings. The number of hydrogen-bond donors (Lipinski definition) is 0. The van der Waals surface area contributed by atoms with Gasteiger partial charge >= 0.3 is 11.9 Å². The molecule has 0 heterocycles. The molecule has 10 nitrogen and oxygen atoms in total. The molecular formula is C43H44N2O8. The van der Waals surface area contributed by atoms with Gasteiger partial charge in [-0.25, -0.2) is 9.59 Å². The summed E-state index contributed by atoms with van der Waals surface area (Å²) in [6.07, 6.45) is 3.90. The highest BCUT2D eigenvalue weighted by molar-refractivity contribution is 5.97. The molecule has 0 amide bonds. The highest BCUT2D eigenvalue weighted by atomic mass is 16.5. The van der Waals surface area contributed by atoms with Crippen LogP contribution in [0, 0.1) is 0 Å². The van der Waals surface area contributed by atoms with Gasteiger partial charge in [-0.2, -0.15) is 10.2 Å². The first-order valence-corrected chi connectivity index (χ1v) is 17.8. The number of azo groups is 1. The van der Waals surface area contributed by atoms with Gasteiger partial charge in [-0.05, 0) is 135 Å². The second-order valence-electron chi connectivity index (χ2n) is 11.8. The summed E-state index contributed by atoms with van der Waals surface area (Å²) in [5, 5.41) is 8.67. The van der Waals surface area contributed by atoms with Gasteiger partial charge in [-0.15, -0.1) is 0 Å². The fraction of sp³-hybridized carbons (Fsp3) is 0.256. The fourth-order valence-corrected chi connectivity index (χ4v) is 5.07. The number of benzene rings is 5. The maximum atomic E-state index is 13.3. The molecule has 0 spiro atoms. The van der Waals surface area contributed by atoms with E-state index in [9.17, 15) is 9.59 Å². The molecule has 0 radical (unpaired) electrons. The third-order valence-electron chi connectivity index (χ3n) is 7.82. The number of carbonyl (C=O) groups excluding carboxylic acids is 2. The van der Waals surface area contributed by atoms with Crippen LogP contribution in [0.1, 0.15) is 66.3 Å². The lowest BCUT2D eigenvalue weighted by atomic mass is 10.1. The van der Waals surface area contributed by atoms with Crippen molar-refractivity contribution in [3.8, 4) is 34.5 Å². The Morgan fingerprint density at radius 1 is 0.509 bits per heavy atom. The van der Waals surface area contributed by atoms with Crippen LogP contribution in [-0.4, -0.2) is 38.4 Å². The van der Waals surface area contributed by atoms with E-state index >= 15 is 0 Å². The molecule has 53 heavy (non-hydrogen) atoms. The number of ether oxygens (including phenoxy) is 6. The minimum atomic E-state index is -0.645. The normalized spacial score (nSPS) is 10.8. The maximum Gasteiger partial charge on any atom is 0.347 e. The molecule has 0 saturated carbocycles. The van der Waals surface area contributed by atoms with Crippen molar-refractivity contribution >= 4 is 23.3 Å². The van der Waals surface area contributed by atoms with Crippen LogP contribution in [0.4, 0.5) is 11.4 Å². The van der Waals surface area contributed by atoms with Crippen LogP contribution in [0.3, 0.4) is 0 Å². The molecule has 10 heteroatoms. The molecule has 0 atom stereocenters. The lowest BCUT2D eigenvalue weighted by Gasteiger charge is -2.14. The van der Waals surface area contributed by atoms with Gasteiger partial charge in [0.05, 0.1) is 43.4 Å². The first-order chi connectivity index (χ1) is 25.9. The van der Waals surface area contributed by atoms with E-state index < -0.39 is 11.9 Å². The number of esters is 2. The molecular weight excluding hydrogens is 672 g/mol. The molecule has 0 fully saturated rings. The Morgan fingerprint density at radius 2 is 1.00 bits per heavy atom. The van der Waals surface area contributed by atoms with Crippen molar-refractivity contribution in [1.82, 2.24) is 0 Å². The standard InChI is InChI=1S/C43H44N2O8/c1-4-7-9-31-10-13-33(14-11-31)44-45-34-15-17-37(18-16-34)50-28-8-29-51-41-30-32(42(46)52-38-23-19-35(20-24-38)48-5-2)12-27-40(41)43(47)53-39-25-21-36(22-26-39)49-6-3/h10-27,30H,4-9,28-29H2,1-3H3. The second-order valence-corrected chi connectivity index (χ2v) is 11.8. The van der Waals surface area contributed by atoms with Crippen LogP contribution >= 0.6 is 0 Å². The van der Waals surface area contributed by atoms with Crippen LogP contribution in [-0.2, 0) is 6.42 Å². The summed E-state index contributed by atoms with van der Waals surface area (Å²) in [6, 6.07) is 33.4. The van der Waals surface area contributed by atoms with E-state index in [1.165, 1.54) is 36.6 Å². The summed E-state index contributed by atoms with van der Waals surface area (Å²) in [5.41, 5.74) is 3.16. The zero-order chi connectivity index (χ0) is 37.3. The third kappa shape index (κ3) is 12.0. The SMILES string of the molecule is CCCCc1ccc(N=Nc2ccc(OCCCOc3cc(C(=O)Oc4ccc(OCC)cc4)ccc3C(=O)Oc3ccc(OCC)cc3)cc2)cc1. The largest absolute Gasteiger partial charge is 0.494 e. The second kappa shape index (κ2) is 20.0. The number of unbranched alkanes of at least 4 members (excludes halogenated alkanes) is 1. The molecule has 0 unspecified atom stereocenters. The minimum absolute atomic E-state index is 0.148. The summed E-state index contributed by atoms with van der Waals surface area (Å²) in [4.78, 5) is 26.4. The topological polar surface area (TPSA) is 114 Å². The Morgan fingerprint density at radius 3 is 1.57 bits per heavy atom. The predicted octanol–water partition coefficient (Wildman–Crippen LogP) is 10.5. The summed E-state index contributed by atoms with van der Waals surface area (Å²) >= 11 is 0. The van der Waals surface area contributed by atoms with E-state index in [-0.39, 0.29) is 23.5 Å². The van der Waals surface area contributed by atoms with E-state index in [1.54, 1.807) is 48.5 Å². The van der Waals surface area contributed by atoms with Gasteiger partial charge in [0.1, 0.15) is 40.1 Å². The van der Waals surface area contributed by atoms with Crippen molar-refractivity contribution < 1.29 is 38.0 Å².